The highest BCUT2D eigenvalue weighted by Crippen LogP contribution is 2.02. The molecular weight excluding hydrogens is 196 g/mol. The normalized spacial score (nSPS) is 8.29. The second kappa shape index (κ2) is 7.20. The van der Waals surface area contributed by atoms with Crippen LogP contribution in [0, 0.1) is 4.64 Å². The van der Waals surface area contributed by atoms with Gasteiger partial charge in [0.2, 0.25) is 0 Å². The third-order valence-electron chi connectivity index (χ3n) is 1.24. The van der Waals surface area contributed by atoms with Gasteiger partial charge in [-0.3, -0.25) is 0 Å². The Kier molecular flexibility index (Phi) is 6.57. The zero-order valence-electron chi connectivity index (χ0n) is 8.96. The van der Waals surface area contributed by atoms with Crippen LogP contribution in [0.25, 0.3) is 11.2 Å². The van der Waals surface area contributed by atoms with Gasteiger partial charge in [0, 0.05) is 0 Å². The standard InChI is InChI=1S/C5H4N4S.2C2H6/c10-5-3-4(7-1-6-3)8-2-9-5;2*1-2/h1-2H,(H2,6,7,8,9,10);2*1-2H3. The van der Waals surface area contributed by atoms with Crippen LogP contribution in [-0.2, 0) is 0 Å². The van der Waals surface area contributed by atoms with Crippen molar-refractivity contribution in [1.82, 2.24) is 19.9 Å². The van der Waals surface area contributed by atoms with Crippen molar-refractivity contribution in [2.75, 3.05) is 0 Å². The first kappa shape index (κ1) is 12.8. The molecule has 0 saturated heterocycles. The van der Waals surface area contributed by atoms with Gasteiger partial charge in [0.05, 0.1) is 12.7 Å². The minimum absolute atomic E-state index is 0.547. The number of imidazole rings is 1. The van der Waals surface area contributed by atoms with E-state index < -0.39 is 0 Å². The summed E-state index contributed by atoms with van der Waals surface area (Å²) in [6, 6.07) is 0. The first-order valence-corrected chi connectivity index (χ1v) is 5.15. The highest BCUT2D eigenvalue weighted by molar-refractivity contribution is 7.71. The summed E-state index contributed by atoms with van der Waals surface area (Å²) in [5.74, 6) is 0. The molecule has 14 heavy (non-hydrogen) atoms. The maximum Gasteiger partial charge on any atom is 0.159 e. The number of hydrogen-bond acceptors (Lipinski definition) is 3. The Balaban J connectivity index is 0.000000379. The van der Waals surface area contributed by atoms with Crippen LogP contribution in [0.15, 0.2) is 12.7 Å². The number of nitrogens with zero attached hydrogens (tertiary/aromatic N) is 2. The topological polar surface area (TPSA) is 57.4 Å². The molecule has 0 fully saturated rings. The van der Waals surface area contributed by atoms with E-state index in [0.717, 1.165) is 11.2 Å². The predicted molar refractivity (Wildman–Crippen MR) is 61.8 cm³/mol. The lowest BCUT2D eigenvalue weighted by molar-refractivity contribution is 1.18. The first-order chi connectivity index (χ1) is 6.88. The molecule has 0 amide bonds. The van der Waals surface area contributed by atoms with Crippen molar-refractivity contribution in [2.45, 2.75) is 27.7 Å². The summed E-state index contributed by atoms with van der Waals surface area (Å²) >= 11 is 4.91. The van der Waals surface area contributed by atoms with Gasteiger partial charge in [-0.15, -0.1) is 0 Å². The van der Waals surface area contributed by atoms with Crippen molar-refractivity contribution in [3.05, 3.63) is 17.3 Å². The number of nitrogens with one attached hydrogen (secondary N) is 2. The Morgan fingerprint density at radius 1 is 1.00 bits per heavy atom. The molecule has 78 valence electrons. The van der Waals surface area contributed by atoms with Gasteiger partial charge in [-0.25, -0.2) is 9.97 Å². The zero-order chi connectivity index (χ0) is 11.0. The van der Waals surface area contributed by atoms with E-state index in [1.807, 2.05) is 27.7 Å². The zero-order valence-corrected chi connectivity index (χ0v) is 9.77. The Bertz CT molecular complexity index is 404. The van der Waals surface area contributed by atoms with Gasteiger partial charge in [0.1, 0.15) is 5.52 Å². The maximum absolute atomic E-state index is 4.91. The van der Waals surface area contributed by atoms with Crippen molar-refractivity contribution in [2.24, 2.45) is 0 Å². The lowest BCUT2D eigenvalue weighted by atomic mass is 10.6. The van der Waals surface area contributed by atoms with Crippen LogP contribution in [0.2, 0.25) is 0 Å². The second-order valence-corrected chi connectivity index (χ2v) is 2.22. The molecule has 0 spiro atoms. The van der Waals surface area contributed by atoms with Gasteiger partial charge < -0.3 is 9.97 Å². The Labute approximate surface area is 88.8 Å². The third kappa shape index (κ3) is 2.92. The minimum atomic E-state index is 0.547. The van der Waals surface area contributed by atoms with Gasteiger partial charge >= 0.3 is 0 Å². The molecular formula is C9H16N4S. The molecule has 0 aliphatic heterocycles. The number of aromatic amines is 2. The first-order valence-electron chi connectivity index (χ1n) is 4.75. The molecule has 0 aliphatic carbocycles. The van der Waals surface area contributed by atoms with Crippen molar-refractivity contribution < 1.29 is 0 Å². The van der Waals surface area contributed by atoms with E-state index in [4.69, 9.17) is 12.2 Å². The lowest BCUT2D eigenvalue weighted by Crippen LogP contribution is -1.80. The maximum atomic E-state index is 4.91. The Morgan fingerprint density at radius 3 is 2.14 bits per heavy atom. The highest BCUT2D eigenvalue weighted by atomic mass is 32.1. The van der Waals surface area contributed by atoms with Crippen LogP contribution in [0.4, 0.5) is 0 Å². The molecule has 2 N–H and O–H groups in total. The fourth-order valence-electron chi connectivity index (χ4n) is 0.783. The molecule has 4 nitrogen and oxygen atoms in total. The molecule has 5 heteroatoms. The average Bonchev–Trinajstić information content (AvgIpc) is 2.73. The Morgan fingerprint density at radius 2 is 1.57 bits per heavy atom. The van der Waals surface area contributed by atoms with Crippen LogP contribution >= 0.6 is 12.2 Å². The van der Waals surface area contributed by atoms with Crippen LogP contribution < -0.4 is 0 Å². The fraction of sp³-hybridized carbons (Fsp3) is 0.444. The summed E-state index contributed by atoms with van der Waals surface area (Å²) in [6.45, 7) is 8.00. The summed E-state index contributed by atoms with van der Waals surface area (Å²) in [5.41, 5.74) is 1.54. The van der Waals surface area contributed by atoms with Gasteiger partial charge in [-0.1, -0.05) is 39.9 Å². The summed E-state index contributed by atoms with van der Waals surface area (Å²) in [5, 5.41) is 0. The minimum Gasteiger partial charge on any atom is -0.341 e. The van der Waals surface area contributed by atoms with Crippen molar-refractivity contribution in [3.63, 3.8) is 0 Å². The summed E-state index contributed by atoms with van der Waals surface area (Å²) in [6.07, 6.45) is 3.12. The van der Waals surface area contributed by atoms with E-state index in [-0.39, 0.29) is 0 Å². The van der Waals surface area contributed by atoms with Crippen LogP contribution in [-0.4, -0.2) is 19.9 Å². The molecule has 0 bridgehead atoms. The molecule has 0 aromatic carbocycles. The van der Waals surface area contributed by atoms with Crippen LogP contribution in [0.1, 0.15) is 27.7 Å². The van der Waals surface area contributed by atoms with Crippen molar-refractivity contribution in [1.29, 1.82) is 0 Å². The summed E-state index contributed by atoms with van der Waals surface area (Å²) in [4.78, 5) is 13.6. The van der Waals surface area contributed by atoms with E-state index in [2.05, 4.69) is 19.9 Å². The van der Waals surface area contributed by atoms with E-state index in [0.29, 0.717) is 4.64 Å². The van der Waals surface area contributed by atoms with Crippen molar-refractivity contribution in [3.8, 4) is 0 Å². The third-order valence-corrected chi connectivity index (χ3v) is 1.55. The lowest BCUT2D eigenvalue weighted by Gasteiger charge is -1.84. The predicted octanol–water partition coefficient (Wildman–Crippen LogP) is 3.07. The quantitative estimate of drug-likeness (QED) is 0.660. The van der Waals surface area contributed by atoms with Gasteiger partial charge in [0.25, 0.3) is 0 Å². The van der Waals surface area contributed by atoms with E-state index >= 15 is 0 Å². The second-order valence-electron chi connectivity index (χ2n) is 1.83. The van der Waals surface area contributed by atoms with Gasteiger partial charge in [-0.2, -0.15) is 0 Å². The molecule has 0 saturated carbocycles. The largest absolute Gasteiger partial charge is 0.341 e. The average molecular weight is 212 g/mol. The number of hydrogen-bond donors (Lipinski definition) is 2. The molecule has 0 aliphatic rings. The molecule has 0 radical (unpaired) electrons. The number of H-pyrrole nitrogens is 2. The van der Waals surface area contributed by atoms with E-state index in [9.17, 15) is 0 Å². The van der Waals surface area contributed by atoms with Gasteiger partial charge in [-0.05, 0) is 0 Å². The van der Waals surface area contributed by atoms with E-state index in [1.54, 1.807) is 6.33 Å². The smallest absolute Gasteiger partial charge is 0.159 e. The van der Waals surface area contributed by atoms with Crippen molar-refractivity contribution >= 4 is 23.4 Å². The summed E-state index contributed by atoms with van der Waals surface area (Å²) in [7, 11) is 0. The number of fused-ring (bicyclic) bond motifs is 1. The molecule has 2 heterocycles. The SMILES string of the molecule is CC.CC.S=c1nc[nH]c2nc[nH]c12. The number of aromatic nitrogens is 4. The highest BCUT2D eigenvalue weighted by Gasteiger charge is 1.94. The fourth-order valence-corrected chi connectivity index (χ4v) is 0.992. The van der Waals surface area contributed by atoms with Crippen LogP contribution in [0.3, 0.4) is 0 Å². The molecule has 2 rings (SSSR count). The molecule has 0 atom stereocenters. The number of rotatable bonds is 0. The molecule has 0 unspecified atom stereocenters. The summed E-state index contributed by atoms with van der Waals surface area (Å²) < 4.78 is 0.547. The molecule has 2 aromatic heterocycles. The molecule has 2 aromatic rings. The monoisotopic (exact) mass is 212 g/mol. The van der Waals surface area contributed by atoms with Crippen LogP contribution in [0.5, 0.6) is 0 Å². The Hall–Kier alpha value is -1.23. The van der Waals surface area contributed by atoms with E-state index in [1.165, 1.54) is 6.33 Å². The van der Waals surface area contributed by atoms with Gasteiger partial charge in [0.15, 0.2) is 10.3 Å².